The molecule has 0 saturated heterocycles. The molecule has 0 rings (SSSR count). The molecule has 21 heavy (non-hydrogen) atoms. The van der Waals surface area contributed by atoms with Crippen LogP contribution < -0.4 is 0 Å². The van der Waals surface area contributed by atoms with Gasteiger partial charge in [-0.15, -0.1) is 0 Å². The van der Waals surface area contributed by atoms with E-state index in [1.54, 1.807) is 12.5 Å². The molecule has 0 fully saturated rings. The van der Waals surface area contributed by atoms with Crippen LogP contribution in [0.2, 0.25) is 0 Å². The van der Waals surface area contributed by atoms with Gasteiger partial charge in [0.15, 0.2) is 0 Å². The fraction of sp³-hybridized carbons (Fsp3) is 1.00. The number of rotatable bonds is 0. The molecule has 0 atom stereocenters. The van der Waals surface area contributed by atoms with Crippen LogP contribution in [0.1, 0.15) is 0 Å². The summed E-state index contributed by atoms with van der Waals surface area (Å²) in [6.45, 7) is 0. The van der Waals surface area contributed by atoms with Crippen molar-refractivity contribution < 1.29 is 115 Å². The Kier molecular flexibility index (Phi) is 51.3. The molecule has 0 spiro atoms. The van der Waals surface area contributed by atoms with Gasteiger partial charge in [0.1, 0.15) is 0 Å². The van der Waals surface area contributed by atoms with E-state index in [1.165, 1.54) is 0 Å². The molecule has 19 heteroatoms. The second kappa shape index (κ2) is 24.7. The summed E-state index contributed by atoms with van der Waals surface area (Å²) < 4.78 is 102. The van der Waals surface area contributed by atoms with Crippen LogP contribution in [0.25, 0.3) is 0 Å². The molecule has 0 saturated carbocycles. The average Bonchev–Trinajstić information content (AvgIpc) is 2.01. The summed E-state index contributed by atoms with van der Waals surface area (Å²) in [4.78, 5) is 0. The van der Waals surface area contributed by atoms with Crippen molar-refractivity contribution in [1.82, 2.24) is 0 Å². The van der Waals surface area contributed by atoms with Crippen molar-refractivity contribution in [2.75, 3.05) is 12.5 Å². The maximum atomic E-state index is 8.52. The minimum absolute atomic E-state index is 0. The fourth-order valence-electron chi connectivity index (χ4n) is 0. The molecular weight excluding hydrogens is 852 g/mol. The van der Waals surface area contributed by atoms with Crippen molar-refractivity contribution in [2.24, 2.45) is 0 Å². The first-order valence-corrected chi connectivity index (χ1v) is 8.45. The van der Waals surface area contributed by atoms with Crippen LogP contribution in [-0.4, -0.2) is 65.1 Å². The maximum absolute atomic E-state index is 8.52. The van der Waals surface area contributed by atoms with Gasteiger partial charge in [0.25, 0.3) is 0 Å². The molecule has 0 bridgehead atoms. The van der Waals surface area contributed by atoms with Gasteiger partial charge < -0.3 is 52.6 Å². The Morgan fingerprint density at radius 1 is 0.476 bits per heavy atom. The van der Waals surface area contributed by atoms with E-state index >= 15 is 0 Å². The van der Waals surface area contributed by atoms with E-state index < -0.39 is 31.2 Å². The zero-order chi connectivity index (χ0) is 17.5. The third kappa shape index (κ3) is 1600. The van der Waals surface area contributed by atoms with Crippen LogP contribution in [0.3, 0.4) is 0 Å². The van der Waals surface area contributed by atoms with Crippen LogP contribution in [0.4, 0.5) is 0 Å². The van der Waals surface area contributed by atoms with E-state index in [-0.39, 0.29) is 62.2 Å². The molecule has 0 heterocycles. The van der Waals surface area contributed by atoms with Crippen molar-refractivity contribution in [3.05, 3.63) is 0 Å². The Balaban J connectivity index is -0.0000000239. The molecule has 0 aliphatic carbocycles. The van der Waals surface area contributed by atoms with E-state index in [0.29, 0.717) is 0 Å². The van der Waals surface area contributed by atoms with Crippen LogP contribution in [-0.2, 0) is 56.5 Å². The first-order chi connectivity index (χ1) is 8.00. The zero-order valence-corrected chi connectivity index (χ0v) is 22.4. The van der Waals surface area contributed by atoms with Gasteiger partial charge in [-0.1, -0.05) is 0 Å². The normalized spacial score (nSPS) is 8.86. The van der Waals surface area contributed by atoms with Crippen molar-refractivity contribution in [2.45, 2.75) is 0 Å². The SMILES string of the molecule is C[S-].C[S-].O=S(=O)([O-])[O-].O=S(=O)([O-])[O-].O=S(=O)([O-])[O-].[U+4].[U+4]. The summed E-state index contributed by atoms with van der Waals surface area (Å²) >= 11 is 8.17. The number of hydrogen-bond acceptors (Lipinski definition) is 14. The number of hydrogen-bond donors (Lipinski definition) is 0. The Labute approximate surface area is 181 Å². The molecule has 0 aromatic carbocycles. The van der Waals surface area contributed by atoms with Crippen molar-refractivity contribution in [3.8, 4) is 0 Å². The molecular formula is C2H6O12S5U2. The van der Waals surface area contributed by atoms with Crippen LogP contribution in [0.5, 0.6) is 0 Å². The van der Waals surface area contributed by atoms with E-state index in [9.17, 15) is 0 Å². The molecule has 0 radical (unpaired) electrons. The van der Waals surface area contributed by atoms with E-state index in [4.69, 9.17) is 52.6 Å². The van der Waals surface area contributed by atoms with Gasteiger partial charge in [0.05, 0.1) is 0 Å². The van der Waals surface area contributed by atoms with Crippen molar-refractivity contribution in [3.63, 3.8) is 0 Å². The smallest absolute Gasteiger partial charge is 0.796 e. The average molecular weight is 858 g/mol. The molecule has 124 valence electrons. The second-order valence-corrected chi connectivity index (χ2v) is 3.67. The topological polar surface area (TPSA) is 241 Å². The summed E-state index contributed by atoms with van der Waals surface area (Å²) in [6, 6.07) is 0. The minimum Gasteiger partial charge on any atom is -0.796 e. The first-order valence-electron chi connectivity index (χ1n) is 2.82. The predicted octanol–water partition coefficient (Wildman–Crippen LogP) is -3.69. The molecule has 0 aliphatic heterocycles. The second-order valence-electron chi connectivity index (χ2n) is 1.22. The zero-order valence-electron chi connectivity index (χ0n) is 9.94. The van der Waals surface area contributed by atoms with Gasteiger partial charge in [-0.2, -0.15) is 12.5 Å². The third-order valence-corrected chi connectivity index (χ3v) is 0. The molecule has 0 aliphatic rings. The summed E-state index contributed by atoms with van der Waals surface area (Å²) in [5.74, 6) is 0. The van der Waals surface area contributed by atoms with Gasteiger partial charge in [-0.3, -0.25) is 25.3 Å². The summed E-state index contributed by atoms with van der Waals surface area (Å²) in [6.07, 6.45) is 3.17. The van der Waals surface area contributed by atoms with Crippen molar-refractivity contribution >= 4 is 56.5 Å². The molecule has 0 unspecified atom stereocenters. The Hall–Kier alpha value is 2.41. The molecule has 12 nitrogen and oxygen atoms in total. The largest absolute Gasteiger partial charge is 4.00 e. The van der Waals surface area contributed by atoms with Gasteiger partial charge in [-0.25, -0.2) is 0 Å². The van der Waals surface area contributed by atoms with Gasteiger partial charge in [0.2, 0.25) is 0 Å². The van der Waals surface area contributed by atoms with Crippen molar-refractivity contribution in [1.29, 1.82) is 0 Å². The summed E-state index contributed by atoms with van der Waals surface area (Å²) in [7, 11) is -15.5. The molecule has 0 amide bonds. The molecule has 0 aromatic rings. The first kappa shape index (κ1) is 43.7. The standard InChI is InChI=1S/2CH4S.3H2O4S.2U/c2*1-2;3*1-5(2,3)4;;/h2*2H,1H3;3*(H2,1,2,3,4);;/q;;;;;2*+4/p-8. The molecule has 0 aromatic heterocycles. The molecule has 0 N–H and O–H groups in total. The summed E-state index contributed by atoms with van der Waals surface area (Å²) in [5, 5.41) is 0. The van der Waals surface area contributed by atoms with E-state index in [1.807, 2.05) is 0 Å². The Morgan fingerprint density at radius 3 is 0.476 bits per heavy atom. The van der Waals surface area contributed by atoms with E-state index in [2.05, 4.69) is 25.3 Å². The minimum atomic E-state index is -5.17. The van der Waals surface area contributed by atoms with Gasteiger partial charge in [-0.05, 0) is 0 Å². The van der Waals surface area contributed by atoms with Crippen LogP contribution >= 0.6 is 0 Å². The monoisotopic (exact) mass is 858 g/mol. The Bertz CT molecular complexity index is 355. The maximum Gasteiger partial charge on any atom is 4.00 e. The quantitative estimate of drug-likeness (QED) is 0.130. The predicted molar refractivity (Wildman–Crippen MR) is 58.0 cm³/mol. The summed E-state index contributed by atoms with van der Waals surface area (Å²) in [5.41, 5.74) is 0. The van der Waals surface area contributed by atoms with Crippen LogP contribution in [0.15, 0.2) is 0 Å². The van der Waals surface area contributed by atoms with E-state index in [0.717, 1.165) is 0 Å². The van der Waals surface area contributed by atoms with Gasteiger partial charge in [0, 0.05) is 31.2 Å². The third-order valence-electron chi connectivity index (χ3n) is 0. The van der Waals surface area contributed by atoms with Gasteiger partial charge >= 0.3 is 62.2 Å². The van der Waals surface area contributed by atoms with Crippen LogP contribution in [0, 0.1) is 62.2 Å². The fourth-order valence-corrected chi connectivity index (χ4v) is 0. The Morgan fingerprint density at radius 2 is 0.476 bits per heavy atom.